The number of hydrogen-bond acceptors (Lipinski definition) is 2. The van der Waals surface area contributed by atoms with Crippen LogP contribution in [0.2, 0.25) is 5.02 Å². The summed E-state index contributed by atoms with van der Waals surface area (Å²) in [5.41, 5.74) is 0.717. The van der Waals surface area contributed by atoms with Crippen LogP contribution < -0.4 is 0 Å². The molecule has 0 aliphatic carbocycles. The lowest BCUT2D eigenvalue weighted by molar-refractivity contribution is 0.0696. The number of ether oxygens (including phenoxy) is 1. The molecule has 0 heterocycles. The number of hydrogen-bond donors (Lipinski definition) is 1. The number of halogens is 1. The Hall–Kier alpha value is -1.48. The Bertz CT molecular complexity index is 372. The molecule has 74 valence electrons. The van der Waals surface area contributed by atoms with Gasteiger partial charge in [0.1, 0.15) is 0 Å². The Labute approximate surface area is 86.6 Å². The van der Waals surface area contributed by atoms with Gasteiger partial charge in [-0.2, -0.15) is 0 Å². The summed E-state index contributed by atoms with van der Waals surface area (Å²) in [6.45, 7) is 0. The van der Waals surface area contributed by atoms with E-state index in [9.17, 15) is 4.79 Å². The maximum absolute atomic E-state index is 10.8. The summed E-state index contributed by atoms with van der Waals surface area (Å²) in [6.07, 6.45) is 2.98. The smallest absolute Gasteiger partial charge is 0.336 e. The zero-order valence-corrected chi connectivity index (χ0v) is 8.28. The molecule has 4 heteroatoms. The predicted molar refractivity (Wildman–Crippen MR) is 54.5 cm³/mol. The van der Waals surface area contributed by atoms with Crippen molar-refractivity contribution in [2.75, 3.05) is 7.11 Å². The minimum absolute atomic E-state index is 0.158. The van der Waals surface area contributed by atoms with Crippen molar-refractivity contribution in [1.82, 2.24) is 0 Å². The third-order valence-electron chi connectivity index (χ3n) is 1.63. The van der Waals surface area contributed by atoms with Crippen molar-refractivity contribution in [3.8, 4) is 0 Å². The topological polar surface area (TPSA) is 46.5 Å². The highest BCUT2D eigenvalue weighted by Gasteiger charge is 2.08. The van der Waals surface area contributed by atoms with E-state index in [0.29, 0.717) is 10.6 Å². The molecule has 0 radical (unpaired) electrons. The largest absolute Gasteiger partial charge is 0.504 e. The van der Waals surface area contributed by atoms with Gasteiger partial charge < -0.3 is 9.84 Å². The van der Waals surface area contributed by atoms with Gasteiger partial charge in [0, 0.05) is 5.02 Å². The van der Waals surface area contributed by atoms with E-state index in [1.165, 1.54) is 19.4 Å². The van der Waals surface area contributed by atoms with Crippen LogP contribution in [0.5, 0.6) is 0 Å². The number of carboxylic acid groups (broad SMARTS) is 1. The molecule has 0 spiro atoms. The Kier molecular flexibility index (Phi) is 3.54. The van der Waals surface area contributed by atoms with Crippen LogP contribution in [0.15, 0.2) is 24.5 Å². The second kappa shape index (κ2) is 4.67. The van der Waals surface area contributed by atoms with Gasteiger partial charge >= 0.3 is 5.97 Å². The van der Waals surface area contributed by atoms with Gasteiger partial charge in [-0.05, 0) is 23.8 Å². The van der Waals surface area contributed by atoms with Crippen LogP contribution in [0.4, 0.5) is 0 Å². The second-order valence-corrected chi connectivity index (χ2v) is 3.01. The minimum Gasteiger partial charge on any atom is -0.504 e. The standard InChI is InChI=1S/C10H9ClO3/c1-14-5-4-7-2-3-8(11)6-9(7)10(12)13/h2-6H,1H3,(H,12,13)/b5-4+. The van der Waals surface area contributed by atoms with Crippen LogP contribution in [0, 0.1) is 0 Å². The lowest BCUT2D eigenvalue weighted by atomic mass is 10.1. The third-order valence-corrected chi connectivity index (χ3v) is 1.86. The fraction of sp³-hybridized carbons (Fsp3) is 0.100. The molecule has 1 aromatic rings. The zero-order chi connectivity index (χ0) is 10.6. The number of carbonyl (C=O) groups is 1. The van der Waals surface area contributed by atoms with Crippen molar-refractivity contribution in [2.24, 2.45) is 0 Å². The normalized spacial score (nSPS) is 10.4. The first-order valence-corrected chi connectivity index (χ1v) is 4.25. The monoisotopic (exact) mass is 212 g/mol. The van der Waals surface area contributed by atoms with E-state index in [1.807, 2.05) is 0 Å². The van der Waals surface area contributed by atoms with Gasteiger partial charge in [0.2, 0.25) is 0 Å². The number of rotatable bonds is 3. The van der Waals surface area contributed by atoms with Crippen molar-refractivity contribution in [3.63, 3.8) is 0 Å². The zero-order valence-electron chi connectivity index (χ0n) is 7.53. The summed E-state index contributed by atoms with van der Waals surface area (Å²) in [6, 6.07) is 4.66. The van der Waals surface area contributed by atoms with Crippen LogP contribution in [0.1, 0.15) is 15.9 Å². The number of benzene rings is 1. The molecule has 14 heavy (non-hydrogen) atoms. The van der Waals surface area contributed by atoms with E-state index in [2.05, 4.69) is 0 Å². The van der Waals surface area contributed by atoms with E-state index >= 15 is 0 Å². The molecule has 0 aromatic heterocycles. The quantitative estimate of drug-likeness (QED) is 0.784. The van der Waals surface area contributed by atoms with Gasteiger partial charge in [-0.1, -0.05) is 17.7 Å². The predicted octanol–water partition coefficient (Wildman–Crippen LogP) is 2.66. The van der Waals surface area contributed by atoms with E-state index in [-0.39, 0.29) is 5.56 Å². The van der Waals surface area contributed by atoms with E-state index in [4.69, 9.17) is 21.4 Å². The van der Waals surface area contributed by atoms with Crippen LogP contribution in [-0.4, -0.2) is 18.2 Å². The number of carboxylic acids is 1. The van der Waals surface area contributed by atoms with Crippen molar-refractivity contribution >= 4 is 23.6 Å². The molecule has 0 aliphatic heterocycles. The first-order chi connectivity index (χ1) is 6.65. The summed E-state index contributed by atoms with van der Waals surface area (Å²) in [5, 5.41) is 9.26. The first-order valence-electron chi connectivity index (χ1n) is 3.87. The van der Waals surface area contributed by atoms with E-state index in [1.54, 1.807) is 18.2 Å². The minimum atomic E-state index is -1.01. The summed E-state index contributed by atoms with van der Waals surface area (Å²) in [4.78, 5) is 10.8. The molecular weight excluding hydrogens is 204 g/mol. The Morgan fingerprint density at radius 2 is 2.29 bits per heavy atom. The van der Waals surface area contributed by atoms with Gasteiger partial charge in [-0.15, -0.1) is 0 Å². The lowest BCUT2D eigenvalue weighted by Crippen LogP contribution is -1.99. The number of methoxy groups -OCH3 is 1. The molecule has 1 aromatic carbocycles. The molecule has 0 saturated carbocycles. The van der Waals surface area contributed by atoms with Crippen molar-refractivity contribution in [1.29, 1.82) is 0 Å². The maximum atomic E-state index is 10.8. The summed E-state index contributed by atoms with van der Waals surface area (Å²) >= 11 is 5.68. The van der Waals surface area contributed by atoms with Gasteiger partial charge in [0.15, 0.2) is 0 Å². The van der Waals surface area contributed by atoms with Crippen LogP contribution in [-0.2, 0) is 4.74 Å². The third kappa shape index (κ3) is 2.50. The van der Waals surface area contributed by atoms with E-state index < -0.39 is 5.97 Å². The lowest BCUT2D eigenvalue weighted by Gasteiger charge is -2.01. The highest BCUT2D eigenvalue weighted by atomic mass is 35.5. The van der Waals surface area contributed by atoms with Crippen molar-refractivity contribution in [2.45, 2.75) is 0 Å². The summed E-state index contributed by atoms with van der Waals surface area (Å²) in [7, 11) is 1.49. The molecule has 1 N–H and O–H groups in total. The molecule has 3 nitrogen and oxygen atoms in total. The Morgan fingerprint density at radius 1 is 1.57 bits per heavy atom. The Morgan fingerprint density at radius 3 is 2.86 bits per heavy atom. The van der Waals surface area contributed by atoms with Crippen molar-refractivity contribution < 1.29 is 14.6 Å². The SMILES string of the molecule is CO/C=C/c1ccc(Cl)cc1C(=O)O. The van der Waals surface area contributed by atoms with Gasteiger partial charge in [-0.3, -0.25) is 0 Å². The molecule has 0 atom stereocenters. The second-order valence-electron chi connectivity index (χ2n) is 2.58. The van der Waals surface area contributed by atoms with Crippen molar-refractivity contribution in [3.05, 3.63) is 40.6 Å². The molecule has 0 fully saturated rings. The molecule has 0 unspecified atom stereocenters. The molecule has 0 bridgehead atoms. The fourth-order valence-electron chi connectivity index (χ4n) is 1.00. The molecule has 1 rings (SSSR count). The van der Waals surface area contributed by atoms with Crippen LogP contribution >= 0.6 is 11.6 Å². The van der Waals surface area contributed by atoms with Gasteiger partial charge in [0.05, 0.1) is 18.9 Å². The Balaban J connectivity index is 3.15. The van der Waals surface area contributed by atoms with E-state index in [0.717, 1.165) is 0 Å². The van der Waals surface area contributed by atoms with Crippen LogP contribution in [0.3, 0.4) is 0 Å². The van der Waals surface area contributed by atoms with Gasteiger partial charge in [-0.25, -0.2) is 4.79 Å². The highest BCUT2D eigenvalue weighted by Crippen LogP contribution is 2.17. The molecule has 0 amide bonds. The summed E-state index contributed by atoms with van der Waals surface area (Å²) < 4.78 is 4.70. The van der Waals surface area contributed by atoms with Gasteiger partial charge in [0.25, 0.3) is 0 Å². The molecular formula is C10H9ClO3. The molecule has 0 saturated heterocycles. The molecule has 0 aliphatic rings. The highest BCUT2D eigenvalue weighted by molar-refractivity contribution is 6.31. The van der Waals surface area contributed by atoms with Crippen LogP contribution in [0.25, 0.3) is 6.08 Å². The fourth-order valence-corrected chi connectivity index (χ4v) is 1.17. The number of aromatic carboxylic acids is 1. The first kappa shape index (κ1) is 10.6. The average molecular weight is 213 g/mol. The summed E-state index contributed by atoms with van der Waals surface area (Å²) in [5.74, 6) is -1.01. The average Bonchev–Trinajstić information content (AvgIpc) is 2.15. The maximum Gasteiger partial charge on any atom is 0.336 e.